The molecule has 3 unspecified atom stereocenters. The predicted octanol–water partition coefficient (Wildman–Crippen LogP) is 4.23. The molecule has 0 aliphatic heterocycles. The van der Waals surface area contributed by atoms with Gasteiger partial charge < -0.3 is 19.6 Å². The average Bonchev–Trinajstić information content (AvgIpc) is 3.01. The zero-order valence-corrected chi connectivity index (χ0v) is 14.3. The van der Waals surface area contributed by atoms with Crippen molar-refractivity contribution in [3.8, 4) is 5.75 Å². The van der Waals surface area contributed by atoms with E-state index in [9.17, 15) is 5.11 Å². The third kappa shape index (κ3) is 5.41. The fourth-order valence-electron chi connectivity index (χ4n) is 2.63. The van der Waals surface area contributed by atoms with Crippen LogP contribution in [0.15, 0.2) is 47.1 Å². The van der Waals surface area contributed by atoms with E-state index in [-0.39, 0.29) is 18.2 Å². The van der Waals surface area contributed by atoms with Gasteiger partial charge in [0, 0.05) is 12.1 Å². The number of benzene rings is 1. The predicted molar refractivity (Wildman–Crippen MR) is 91.5 cm³/mol. The Balaban J connectivity index is 1.86. The first-order valence-corrected chi connectivity index (χ1v) is 8.20. The van der Waals surface area contributed by atoms with Crippen LogP contribution in [0.5, 0.6) is 5.75 Å². The van der Waals surface area contributed by atoms with Gasteiger partial charge in [0.15, 0.2) is 0 Å². The summed E-state index contributed by atoms with van der Waals surface area (Å²) < 4.78 is 10.9. The Morgan fingerprint density at radius 1 is 1.09 bits per heavy atom. The van der Waals surface area contributed by atoms with Crippen LogP contribution in [0.2, 0.25) is 0 Å². The molecular weight excluding hydrogens is 290 g/mol. The third-order valence-corrected chi connectivity index (χ3v) is 3.73. The number of rotatable bonds is 8. The van der Waals surface area contributed by atoms with Gasteiger partial charge in [-0.2, -0.15) is 0 Å². The van der Waals surface area contributed by atoms with Crippen LogP contribution in [0.3, 0.4) is 0 Å². The summed E-state index contributed by atoms with van der Waals surface area (Å²) in [6.07, 6.45) is 1.79. The van der Waals surface area contributed by atoms with E-state index in [1.165, 1.54) is 5.56 Å². The first-order valence-electron chi connectivity index (χ1n) is 8.20. The van der Waals surface area contributed by atoms with Crippen molar-refractivity contribution in [1.29, 1.82) is 0 Å². The maximum absolute atomic E-state index is 10.1. The molecule has 0 radical (unpaired) electrons. The number of ether oxygens (including phenoxy) is 1. The van der Waals surface area contributed by atoms with Crippen molar-refractivity contribution in [2.24, 2.45) is 0 Å². The van der Waals surface area contributed by atoms with Gasteiger partial charge in [0.05, 0.1) is 12.4 Å². The standard InChI is InChI=1S/C19H27NO3/c1-13(2)23-17-9-7-16(8-10-17)15(4)20-14(3)12-18(21)19-6-5-11-22-19/h5-11,13-15,18,20-21H,12H2,1-4H3. The van der Waals surface area contributed by atoms with Crippen molar-refractivity contribution < 1.29 is 14.3 Å². The molecule has 1 heterocycles. The minimum absolute atomic E-state index is 0.164. The molecule has 23 heavy (non-hydrogen) atoms. The zero-order valence-electron chi connectivity index (χ0n) is 14.3. The molecule has 126 valence electrons. The smallest absolute Gasteiger partial charge is 0.132 e. The summed E-state index contributed by atoms with van der Waals surface area (Å²) in [7, 11) is 0. The van der Waals surface area contributed by atoms with Crippen molar-refractivity contribution in [1.82, 2.24) is 5.32 Å². The lowest BCUT2D eigenvalue weighted by molar-refractivity contribution is 0.127. The molecule has 0 aliphatic carbocycles. The fraction of sp³-hybridized carbons (Fsp3) is 0.474. The van der Waals surface area contributed by atoms with Crippen LogP contribution in [0.25, 0.3) is 0 Å². The SMILES string of the molecule is CC(CC(O)c1ccco1)NC(C)c1ccc(OC(C)C)cc1. The first-order chi connectivity index (χ1) is 11.0. The molecule has 2 aromatic rings. The Hall–Kier alpha value is -1.78. The molecule has 0 fully saturated rings. The van der Waals surface area contributed by atoms with E-state index in [0.717, 1.165) is 5.75 Å². The van der Waals surface area contributed by atoms with Gasteiger partial charge in [0.2, 0.25) is 0 Å². The number of furan rings is 1. The molecule has 2 rings (SSSR count). The number of aliphatic hydroxyl groups is 1. The van der Waals surface area contributed by atoms with Crippen LogP contribution in [0.4, 0.5) is 0 Å². The Labute approximate surface area is 138 Å². The minimum atomic E-state index is -0.582. The Bertz CT molecular complexity index is 563. The Kier molecular flexibility index (Phi) is 6.25. The van der Waals surface area contributed by atoms with Gasteiger partial charge in [-0.05, 0) is 63.9 Å². The second kappa shape index (κ2) is 8.18. The van der Waals surface area contributed by atoms with E-state index in [0.29, 0.717) is 12.2 Å². The van der Waals surface area contributed by atoms with Gasteiger partial charge in [-0.25, -0.2) is 0 Å². The highest BCUT2D eigenvalue weighted by atomic mass is 16.5. The summed E-state index contributed by atoms with van der Waals surface area (Å²) in [5.74, 6) is 1.50. The lowest BCUT2D eigenvalue weighted by Crippen LogP contribution is -2.30. The molecule has 0 spiro atoms. The van der Waals surface area contributed by atoms with Gasteiger partial charge in [0.1, 0.15) is 17.6 Å². The number of hydrogen-bond acceptors (Lipinski definition) is 4. The molecule has 0 amide bonds. The topological polar surface area (TPSA) is 54.6 Å². The summed E-state index contributed by atoms with van der Waals surface area (Å²) in [5, 5.41) is 13.6. The van der Waals surface area contributed by atoms with Crippen LogP contribution in [-0.2, 0) is 0 Å². The van der Waals surface area contributed by atoms with Gasteiger partial charge in [-0.1, -0.05) is 12.1 Å². The summed E-state index contributed by atoms with van der Waals surface area (Å²) in [4.78, 5) is 0. The molecule has 0 bridgehead atoms. The highest BCUT2D eigenvalue weighted by Crippen LogP contribution is 2.22. The van der Waals surface area contributed by atoms with E-state index in [2.05, 4.69) is 31.3 Å². The zero-order chi connectivity index (χ0) is 16.8. The van der Waals surface area contributed by atoms with Crippen LogP contribution >= 0.6 is 0 Å². The minimum Gasteiger partial charge on any atom is -0.491 e. The second-order valence-electron chi connectivity index (χ2n) is 6.29. The number of nitrogens with one attached hydrogen (secondary N) is 1. The van der Waals surface area contributed by atoms with Crippen molar-refractivity contribution in [2.75, 3.05) is 0 Å². The quantitative estimate of drug-likeness (QED) is 0.765. The number of hydrogen-bond donors (Lipinski definition) is 2. The Morgan fingerprint density at radius 3 is 2.35 bits per heavy atom. The van der Waals surface area contributed by atoms with E-state index in [4.69, 9.17) is 9.15 Å². The molecule has 4 heteroatoms. The maximum Gasteiger partial charge on any atom is 0.132 e. The molecule has 1 aromatic heterocycles. The van der Waals surface area contributed by atoms with Crippen molar-refractivity contribution in [3.05, 3.63) is 54.0 Å². The normalized spacial score (nSPS) is 15.4. The highest BCUT2D eigenvalue weighted by Gasteiger charge is 2.16. The molecule has 0 saturated carbocycles. The summed E-state index contributed by atoms with van der Waals surface area (Å²) in [6.45, 7) is 8.22. The van der Waals surface area contributed by atoms with Crippen molar-refractivity contribution in [3.63, 3.8) is 0 Å². The van der Waals surface area contributed by atoms with E-state index in [1.807, 2.05) is 26.0 Å². The van der Waals surface area contributed by atoms with Gasteiger partial charge in [-0.3, -0.25) is 0 Å². The lowest BCUT2D eigenvalue weighted by atomic mass is 10.0. The largest absolute Gasteiger partial charge is 0.491 e. The molecule has 2 N–H and O–H groups in total. The maximum atomic E-state index is 10.1. The number of aliphatic hydroxyl groups excluding tert-OH is 1. The molecule has 4 nitrogen and oxygen atoms in total. The van der Waals surface area contributed by atoms with Crippen molar-refractivity contribution >= 4 is 0 Å². The molecule has 1 aromatic carbocycles. The summed E-state index contributed by atoms with van der Waals surface area (Å²) >= 11 is 0. The van der Waals surface area contributed by atoms with Crippen LogP contribution in [-0.4, -0.2) is 17.3 Å². The van der Waals surface area contributed by atoms with E-state index >= 15 is 0 Å². The lowest BCUT2D eigenvalue weighted by Gasteiger charge is -2.22. The van der Waals surface area contributed by atoms with Crippen LogP contribution in [0, 0.1) is 0 Å². The molecule has 0 saturated heterocycles. The molecule has 0 aliphatic rings. The highest BCUT2D eigenvalue weighted by molar-refractivity contribution is 5.29. The molecule has 3 atom stereocenters. The van der Waals surface area contributed by atoms with Crippen molar-refractivity contribution in [2.45, 2.75) is 58.4 Å². The Morgan fingerprint density at radius 2 is 1.78 bits per heavy atom. The summed E-state index contributed by atoms with van der Waals surface area (Å²) in [6, 6.07) is 12.1. The van der Waals surface area contributed by atoms with Gasteiger partial charge in [0.25, 0.3) is 0 Å². The third-order valence-electron chi connectivity index (χ3n) is 3.73. The molecular formula is C19H27NO3. The van der Waals surface area contributed by atoms with Gasteiger partial charge >= 0.3 is 0 Å². The first kappa shape index (κ1) is 17.6. The van der Waals surface area contributed by atoms with Crippen LogP contribution in [0.1, 0.15) is 57.6 Å². The second-order valence-corrected chi connectivity index (χ2v) is 6.29. The summed E-state index contributed by atoms with van der Waals surface area (Å²) in [5.41, 5.74) is 1.19. The van der Waals surface area contributed by atoms with E-state index in [1.54, 1.807) is 18.4 Å². The van der Waals surface area contributed by atoms with Crippen LogP contribution < -0.4 is 10.1 Å². The fourth-order valence-corrected chi connectivity index (χ4v) is 2.63. The van der Waals surface area contributed by atoms with Gasteiger partial charge in [-0.15, -0.1) is 0 Å². The van der Waals surface area contributed by atoms with E-state index < -0.39 is 6.10 Å². The monoisotopic (exact) mass is 317 g/mol. The average molecular weight is 317 g/mol.